The van der Waals surface area contributed by atoms with Gasteiger partial charge in [0, 0.05) is 43.8 Å². The molecule has 264 valence electrons. The third-order valence-electron chi connectivity index (χ3n) is 16.1. The molecule has 6 fully saturated rings. The first kappa shape index (κ1) is 34.4. The van der Waals surface area contributed by atoms with E-state index in [2.05, 4.69) is 79.3 Å². The molecule has 9 heteroatoms. The van der Waals surface area contributed by atoms with Crippen LogP contribution in [0.4, 0.5) is 5.95 Å². The minimum Gasteiger partial charge on any atom is -0.335 e. The number of piperidine rings is 1. The fourth-order valence-electron chi connectivity index (χ4n) is 13.5. The number of rotatable bonds is 6. The lowest BCUT2D eigenvalue weighted by Gasteiger charge is -2.73. The van der Waals surface area contributed by atoms with Crippen LogP contribution in [0.25, 0.3) is 0 Å². The fraction of sp³-hybridized carbons (Fsp3) is 0.821. The van der Waals surface area contributed by atoms with Gasteiger partial charge in [-0.1, -0.05) is 32.9 Å². The number of aromatic nitrogens is 2. The third-order valence-corrected chi connectivity index (χ3v) is 17.7. The van der Waals surface area contributed by atoms with Crippen molar-refractivity contribution in [2.24, 2.45) is 45.8 Å². The highest BCUT2D eigenvalue weighted by Crippen LogP contribution is 2.75. The van der Waals surface area contributed by atoms with E-state index in [0.717, 1.165) is 32.0 Å². The number of hydrogen-bond acceptors (Lipinski definition) is 8. The molecule has 1 N–H and O–H groups in total. The first-order valence-corrected chi connectivity index (χ1v) is 20.8. The monoisotopic (exact) mass is 676 g/mol. The van der Waals surface area contributed by atoms with Crippen molar-refractivity contribution in [3.8, 4) is 6.07 Å². The average Bonchev–Trinajstić information content (AvgIpc) is 3.42. The van der Waals surface area contributed by atoms with Crippen LogP contribution in [0.5, 0.6) is 0 Å². The Morgan fingerprint density at radius 1 is 0.938 bits per heavy atom. The van der Waals surface area contributed by atoms with Crippen molar-refractivity contribution in [2.45, 2.75) is 110 Å². The van der Waals surface area contributed by atoms with E-state index in [9.17, 15) is 13.7 Å². The SMILES string of the molecule is C=C(C)[C@@H]1CC[C@]2(NCCN3CCS(=O)(=O)CC3)CC[C@]3(C)[C@H](CC[C@@H]4[C@@]5(C)CCN(c6ncc(C#N)cn6)C(C)(C)[C@@H]5CC[C@]43C)[C@@H]12. The van der Waals surface area contributed by atoms with Crippen molar-refractivity contribution in [1.29, 1.82) is 5.26 Å². The van der Waals surface area contributed by atoms with Gasteiger partial charge in [-0.2, -0.15) is 5.26 Å². The molecule has 0 aromatic carbocycles. The van der Waals surface area contributed by atoms with Gasteiger partial charge in [0.15, 0.2) is 9.84 Å². The van der Waals surface area contributed by atoms with Gasteiger partial charge in [-0.3, -0.25) is 0 Å². The van der Waals surface area contributed by atoms with Crippen molar-refractivity contribution >= 4 is 15.8 Å². The predicted octanol–water partition coefficient (Wildman–Crippen LogP) is 6.25. The Labute approximate surface area is 290 Å². The molecule has 9 atom stereocenters. The molecule has 0 unspecified atom stereocenters. The predicted molar refractivity (Wildman–Crippen MR) is 192 cm³/mol. The molecular weight excluding hydrogens is 617 g/mol. The van der Waals surface area contributed by atoms with Crippen LogP contribution in [0.3, 0.4) is 0 Å². The summed E-state index contributed by atoms with van der Waals surface area (Å²) < 4.78 is 24.0. The summed E-state index contributed by atoms with van der Waals surface area (Å²) in [6.45, 7) is 24.0. The number of hydrogen-bond donors (Lipinski definition) is 1. The second-order valence-electron chi connectivity index (χ2n) is 18.2. The minimum absolute atomic E-state index is 0.0685. The first-order valence-electron chi connectivity index (χ1n) is 18.9. The van der Waals surface area contributed by atoms with Gasteiger partial charge in [0.2, 0.25) is 5.95 Å². The Morgan fingerprint density at radius 3 is 2.31 bits per heavy atom. The maximum atomic E-state index is 12.0. The summed E-state index contributed by atoms with van der Waals surface area (Å²) in [6.07, 6.45) is 14.6. The van der Waals surface area contributed by atoms with Crippen LogP contribution in [0.15, 0.2) is 24.5 Å². The van der Waals surface area contributed by atoms with Crippen molar-refractivity contribution in [3.05, 3.63) is 30.1 Å². The summed E-state index contributed by atoms with van der Waals surface area (Å²) in [6, 6.07) is 2.17. The molecule has 0 spiro atoms. The lowest BCUT2D eigenvalue weighted by molar-refractivity contribution is -0.222. The van der Waals surface area contributed by atoms with E-state index in [4.69, 9.17) is 0 Å². The Balaban J connectivity index is 1.13. The van der Waals surface area contributed by atoms with Crippen molar-refractivity contribution in [2.75, 3.05) is 49.1 Å². The van der Waals surface area contributed by atoms with E-state index >= 15 is 0 Å². The molecule has 2 aliphatic heterocycles. The number of fused-ring (bicyclic) bond motifs is 7. The first-order chi connectivity index (χ1) is 22.6. The van der Waals surface area contributed by atoms with Gasteiger partial charge in [0.25, 0.3) is 0 Å². The van der Waals surface area contributed by atoms with Crippen LogP contribution >= 0.6 is 0 Å². The molecular formula is C39H60N6O2S. The molecule has 4 saturated carbocycles. The van der Waals surface area contributed by atoms with Gasteiger partial charge in [-0.15, -0.1) is 0 Å². The highest BCUT2D eigenvalue weighted by atomic mass is 32.2. The number of nitrogens with one attached hydrogen (secondary N) is 1. The number of allylic oxidation sites excluding steroid dienone is 1. The number of anilines is 1. The summed E-state index contributed by atoms with van der Waals surface area (Å²) in [7, 11) is -2.86. The Hall–Kier alpha value is -2.02. The molecule has 8 nitrogen and oxygen atoms in total. The molecule has 0 bridgehead atoms. The van der Waals surface area contributed by atoms with Gasteiger partial charge in [0.05, 0.1) is 29.5 Å². The van der Waals surface area contributed by atoms with Crippen molar-refractivity contribution in [3.63, 3.8) is 0 Å². The smallest absolute Gasteiger partial charge is 0.225 e. The summed E-state index contributed by atoms with van der Waals surface area (Å²) >= 11 is 0. The fourth-order valence-corrected chi connectivity index (χ4v) is 14.7. The standard InChI is InChI=1S/C39H60N6O2S/c1-27(2)29-10-13-39(43-17-19-44-20-22-48(46,47)23-21-44)15-14-37(6)30(33(29)39)8-9-32-36(5)16-18-45(34-41-25-28(24-40)26-42-34)35(3,4)31(36)11-12-38(32,37)7/h25-26,29-33,43H,1,8-23H2,2-7H3/t29-,30+,31-,32+,33+,36-,37+,38+,39-/m0/s1. The van der Waals surface area contributed by atoms with Crippen LogP contribution in [-0.2, 0) is 9.84 Å². The quantitative estimate of drug-likeness (QED) is 0.353. The summed E-state index contributed by atoms with van der Waals surface area (Å²) in [5.41, 5.74) is 2.81. The largest absolute Gasteiger partial charge is 0.335 e. The highest BCUT2D eigenvalue weighted by Gasteiger charge is 2.71. The zero-order valence-corrected chi connectivity index (χ0v) is 31.3. The Bertz CT molecular complexity index is 1560. The zero-order chi connectivity index (χ0) is 34.3. The topological polar surface area (TPSA) is 102 Å². The Morgan fingerprint density at radius 2 is 1.65 bits per heavy atom. The average molecular weight is 677 g/mol. The molecule has 48 heavy (non-hydrogen) atoms. The van der Waals surface area contributed by atoms with E-state index in [1.54, 1.807) is 12.4 Å². The van der Waals surface area contributed by atoms with Gasteiger partial charge in [-0.25, -0.2) is 18.4 Å². The zero-order valence-electron chi connectivity index (χ0n) is 30.5. The summed E-state index contributed by atoms with van der Waals surface area (Å²) in [5.74, 6) is 4.49. The maximum absolute atomic E-state index is 12.0. The molecule has 3 heterocycles. The van der Waals surface area contributed by atoms with E-state index < -0.39 is 9.84 Å². The van der Waals surface area contributed by atoms with Crippen LogP contribution in [0.1, 0.15) is 105 Å². The highest BCUT2D eigenvalue weighted by molar-refractivity contribution is 7.91. The number of nitrogens with zero attached hydrogens (tertiary/aromatic N) is 5. The Kier molecular flexibility index (Phi) is 8.44. The van der Waals surface area contributed by atoms with E-state index in [-0.39, 0.29) is 27.3 Å². The molecule has 6 aliphatic rings. The van der Waals surface area contributed by atoms with Crippen molar-refractivity contribution in [1.82, 2.24) is 20.2 Å². The van der Waals surface area contributed by atoms with Crippen LogP contribution in [0.2, 0.25) is 0 Å². The second kappa shape index (κ2) is 11.8. The molecule has 1 aromatic heterocycles. The second-order valence-corrected chi connectivity index (χ2v) is 20.5. The summed E-state index contributed by atoms with van der Waals surface area (Å²) in [4.78, 5) is 14.1. The molecule has 2 saturated heterocycles. The van der Waals surface area contributed by atoms with Gasteiger partial charge in [-0.05, 0) is 124 Å². The molecule has 7 rings (SSSR count). The van der Waals surface area contributed by atoms with Gasteiger partial charge in [0.1, 0.15) is 6.07 Å². The van der Waals surface area contributed by atoms with Gasteiger partial charge >= 0.3 is 0 Å². The lowest BCUT2D eigenvalue weighted by atomic mass is 9.33. The lowest BCUT2D eigenvalue weighted by Crippen LogP contribution is -2.71. The number of sulfone groups is 1. The van der Waals surface area contributed by atoms with Crippen LogP contribution in [0, 0.1) is 57.2 Å². The minimum atomic E-state index is -2.86. The van der Waals surface area contributed by atoms with E-state index in [0.29, 0.717) is 59.7 Å². The van der Waals surface area contributed by atoms with Crippen LogP contribution in [-0.4, -0.2) is 78.6 Å². The molecule has 0 radical (unpaired) electrons. The normalized spacial score (nSPS) is 43.3. The maximum Gasteiger partial charge on any atom is 0.225 e. The number of nitriles is 1. The molecule has 1 aromatic rings. The van der Waals surface area contributed by atoms with E-state index in [1.807, 2.05) is 0 Å². The third kappa shape index (κ3) is 5.12. The van der Waals surface area contributed by atoms with Crippen LogP contribution < -0.4 is 10.2 Å². The van der Waals surface area contributed by atoms with Crippen molar-refractivity contribution < 1.29 is 8.42 Å². The molecule has 4 aliphatic carbocycles. The summed E-state index contributed by atoms with van der Waals surface area (Å²) in [5, 5.41) is 13.5. The van der Waals surface area contributed by atoms with Gasteiger partial charge < -0.3 is 15.1 Å². The molecule has 0 amide bonds. The van der Waals surface area contributed by atoms with E-state index in [1.165, 1.54) is 56.9 Å².